The molecule has 2 N–H and O–H groups in total. The molecule has 0 saturated carbocycles. The Kier molecular flexibility index (Phi) is 9.55. The average molecular weight is 237 g/mol. The van der Waals surface area contributed by atoms with Gasteiger partial charge in [-0.15, -0.1) is 0 Å². The molecule has 0 spiro atoms. The molecule has 0 aromatic rings. The minimum absolute atomic E-state index is 0.261. The number of aliphatic hydroxyl groups excluding tert-OH is 1. The van der Waals surface area contributed by atoms with Crippen LogP contribution >= 0.6 is 0 Å². The number of aliphatic hydroxyl groups is 1. The molecule has 2 nitrogen and oxygen atoms in total. The van der Waals surface area contributed by atoms with E-state index in [4.69, 9.17) is 0 Å². The smallest absolute Gasteiger partial charge is 0.115 e. The summed E-state index contributed by atoms with van der Waals surface area (Å²) in [5.74, 6) is 0.261. The van der Waals surface area contributed by atoms with E-state index in [9.17, 15) is 5.11 Å². The monoisotopic (exact) mass is 237 g/mol. The van der Waals surface area contributed by atoms with Gasteiger partial charge in [-0.3, -0.25) is 0 Å². The van der Waals surface area contributed by atoms with E-state index < -0.39 is 0 Å². The molecule has 0 aliphatic heterocycles. The molecular weight excluding hydrogens is 210 g/mol. The second-order valence-corrected chi connectivity index (χ2v) is 4.45. The third kappa shape index (κ3) is 8.75. The molecule has 1 atom stereocenters. The highest BCUT2D eigenvalue weighted by molar-refractivity contribution is 5.22. The molecule has 0 saturated heterocycles. The summed E-state index contributed by atoms with van der Waals surface area (Å²) in [7, 11) is 0. The summed E-state index contributed by atoms with van der Waals surface area (Å²) < 4.78 is 0. The van der Waals surface area contributed by atoms with Crippen molar-refractivity contribution in [2.75, 3.05) is 6.54 Å². The zero-order chi connectivity index (χ0) is 13.1. The Hall–Kier alpha value is -1.02. The lowest BCUT2D eigenvalue weighted by Crippen LogP contribution is -2.28. The third-order valence-corrected chi connectivity index (χ3v) is 2.83. The van der Waals surface area contributed by atoms with E-state index in [0.29, 0.717) is 6.04 Å². The maximum atomic E-state index is 9.50. The van der Waals surface area contributed by atoms with Crippen LogP contribution in [0.5, 0.6) is 0 Å². The fourth-order valence-corrected chi connectivity index (χ4v) is 1.56. The first-order valence-electron chi connectivity index (χ1n) is 6.55. The molecule has 0 aliphatic rings. The van der Waals surface area contributed by atoms with Gasteiger partial charge in [0.25, 0.3) is 0 Å². The predicted molar refractivity (Wildman–Crippen MR) is 76.3 cm³/mol. The molecule has 0 rings (SSSR count). The van der Waals surface area contributed by atoms with Crippen molar-refractivity contribution in [3.05, 3.63) is 36.1 Å². The van der Waals surface area contributed by atoms with Crippen molar-refractivity contribution in [1.82, 2.24) is 5.32 Å². The number of hydrogen-bond donors (Lipinski definition) is 2. The normalized spacial score (nSPS) is 14.8. The van der Waals surface area contributed by atoms with Crippen molar-refractivity contribution in [2.24, 2.45) is 0 Å². The Morgan fingerprint density at radius 1 is 1.35 bits per heavy atom. The van der Waals surface area contributed by atoms with Gasteiger partial charge >= 0.3 is 0 Å². The molecule has 0 heterocycles. The Bertz CT molecular complexity index is 266. The average Bonchev–Trinajstić information content (AvgIpc) is 2.28. The molecule has 0 aromatic heterocycles. The number of rotatable bonds is 9. The largest absolute Gasteiger partial charge is 0.508 e. The highest BCUT2D eigenvalue weighted by Gasteiger charge is 2.03. The van der Waals surface area contributed by atoms with E-state index in [-0.39, 0.29) is 5.76 Å². The summed E-state index contributed by atoms with van der Waals surface area (Å²) in [6.07, 6.45) is 10.1. The molecule has 98 valence electrons. The highest BCUT2D eigenvalue weighted by atomic mass is 16.3. The van der Waals surface area contributed by atoms with Gasteiger partial charge in [0.05, 0.1) is 0 Å². The van der Waals surface area contributed by atoms with E-state index in [0.717, 1.165) is 12.1 Å². The van der Waals surface area contributed by atoms with Gasteiger partial charge in [-0.05, 0) is 39.0 Å². The van der Waals surface area contributed by atoms with Gasteiger partial charge < -0.3 is 10.4 Å². The lowest BCUT2D eigenvalue weighted by atomic mass is 10.1. The summed E-state index contributed by atoms with van der Waals surface area (Å²) in [5.41, 5.74) is 1.14. The lowest BCUT2D eigenvalue weighted by Gasteiger charge is -2.14. The van der Waals surface area contributed by atoms with E-state index in [1.54, 1.807) is 18.2 Å². The number of unbranched alkanes of at least 4 members (excludes halogenated alkanes) is 3. The first kappa shape index (κ1) is 16.0. The van der Waals surface area contributed by atoms with Gasteiger partial charge in [0.1, 0.15) is 5.76 Å². The lowest BCUT2D eigenvalue weighted by molar-refractivity contribution is 0.430. The van der Waals surface area contributed by atoms with Crippen molar-refractivity contribution < 1.29 is 5.11 Å². The first-order valence-corrected chi connectivity index (χ1v) is 6.55. The molecule has 0 aliphatic carbocycles. The first-order chi connectivity index (χ1) is 8.11. The van der Waals surface area contributed by atoms with Gasteiger partial charge in [0, 0.05) is 6.04 Å². The predicted octanol–water partition coefficient (Wildman–Crippen LogP) is 4.12. The highest BCUT2D eigenvalue weighted by Crippen LogP contribution is 2.05. The fourth-order valence-electron chi connectivity index (χ4n) is 1.56. The van der Waals surface area contributed by atoms with Crippen molar-refractivity contribution >= 4 is 0 Å². The van der Waals surface area contributed by atoms with Crippen LogP contribution in [-0.2, 0) is 0 Å². The maximum absolute atomic E-state index is 9.50. The molecule has 0 aromatic carbocycles. The summed E-state index contributed by atoms with van der Waals surface area (Å²) in [4.78, 5) is 0. The van der Waals surface area contributed by atoms with Crippen LogP contribution in [0, 0.1) is 0 Å². The summed E-state index contributed by atoms with van der Waals surface area (Å²) in [6.45, 7) is 11.0. The Morgan fingerprint density at radius 2 is 2.06 bits per heavy atom. The van der Waals surface area contributed by atoms with Crippen LogP contribution in [-0.4, -0.2) is 17.7 Å². The molecule has 0 bridgehead atoms. The number of hydrogen-bond acceptors (Lipinski definition) is 2. The zero-order valence-electron chi connectivity index (χ0n) is 11.5. The molecule has 1 unspecified atom stereocenters. The second-order valence-electron chi connectivity index (χ2n) is 4.45. The maximum Gasteiger partial charge on any atom is 0.115 e. The molecule has 0 amide bonds. The SMILES string of the molecule is C=C/C=C(O)\C=C(/C)C(C)NCCCCCC. The van der Waals surface area contributed by atoms with Crippen molar-refractivity contribution in [3.8, 4) is 0 Å². The second kappa shape index (κ2) is 10.2. The topological polar surface area (TPSA) is 32.3 Å². The Morgan fingerprint density at radius 3 is 2.65 bits per heavy atom. The molecule has 0 radical (unpaired) electrons. The minimum atomic E-state index is 0.261. The number of nitrogens with one attached hydrogen (secondary N) is 1. The van der Waals surface area contributed by atoms with Crippen LogP contribution in [0.3, 0.4) is 0 Å². The zero-order valence-corrected chi connectivity index (χ0v) is 11.5. The summed E-state index contributed by atoms with van der Waals surface area (Å²) in [5, 5.41) is 13.0. The van der Waals surface area contributed by atoms with Crippen LogP contribution in [0.15, 0.2) is 36.1 Å². The van der Waals surface area contributed by atoms with Crippen LogP contribution in [0.2, 0.25) is 0 Å². The quantitative estimate of drug-likeness (QED) is 0.359. The minimum Gasteiger partial charge on any atom is -0.508 e. The standard InChI is InChI=1S/C15H27NO/c1-5-7-8-9-11-16-14(4)13(3)12-15(17)10-6-2/h6,10,12,14,16-17H,2,5,7-9,11H2,1,3-4H3/b13-12+,15-10+. The van der Waals surface area contributed by atoms with Crippen molar-refractivity contribution in [3.63, 3.8) is 0 Å². The fraction of sp³-hybridized carbons (Fsp3) is 0.600. The molecule has 0 fully saturated rings. The van der Waals surface area contributed by atoms with E-state index >= 15 is 0 Å². The van der Waals surface area contributed by atoms with E-state index in [1.165, 1.54) is 25.7 Å². The van der Waals surface area contributed by atoms with Gasteiger partial charge in [-0.1, -0.05) is 44.4 Å². The molecule has 2 heteroatoms. The summed E-state index contributed by atoms with van der Waals surface area (Å²) in [6, 6.07) is 0.303. The van der Waals surface area contributed by atoms with Gasteiger partial charge in [-0.25, -0.2) is 0 Å². The van der Waals surface area contributed by atoms with Crippen LogP contribution in [0.1, 0.15) is 46.5 Å². The van der Waals surface area contributed by atoms with Gasteiger partial charge in [0.15, 0.2) is 0 Å². The number of allylic oxidation sites excluding steroid dienone is 3. The van der Waals surface area contributed by atoms with Crippen LogP contribution < -0.4 is 5.32 Å². The third-order valence-electron chi connectivity index (χ3n) is 2.83. The summed E-state index contributed by atoms with van der Waals surface area (Å²) >= 11 is 0. The Labute approximate surface area is 106 Å². The van der Waals surface area contributed by atoms with E-state index in [1.807, 2.05) is 6.92 Å². The van der Waals surface area contributed by atoms with Crippen molar-refractivity contribution in [1.29, 1.82) is 0 Å². The van der Waals surface area contributed by atoms with Gasteiger partial charge in [0.2, 0.25) is 0 Å². The van der Waals surface area contributed by atoms with Crippen molar-refractivity contribution in [2.45, 2.75) is 52.5 Å². The molecular formula is C15H27NO. The van der Waals surface area contributed by atoms with Gasteiger partial charge in [-0.2, -0.15) is 0 Å². The van der Waals surface area contributed by atoms with Crippen LogP contribution in [0.4, 0.5) is 0 Å². The molecule has 17 heavy (non-hydrogen) atoms. The van der Waals surface area contributed by atoms with E-state index in [2.05, 4.69) is 25.7 Å². The van der Waals surface area contributed by atoms with Crippen LogP contribution in [0.25, 0.3) is 0 Å². The Balaban J connectivity index is 3.92.